The van der Waals surface area contributed by atoms with Gasteiger partial charge in [0.1, 0.15) is 0 Å². The SMILES string of the molecule is CC1(C)C2CNCC2CN1Cc1ccc(C2CC2)cc1. The van der Waals surface area contributed by atoms with Gasteiger partial charge in [-0.1, -0.05) is 24.3 Å². The summed E-state index contributed by atoms with van der Waals surface area (Å²) in [5, 5.41) is 3.56. The third-order valence-corrected chi connectivity index (χ3v) is 5.92. The van der Waals surface area contributed by atoms with E-state index in [2.05, 4.69) is 48.3 Å². The second kappa shape index (κ2) is 4.57. The first-order valence-electron chi connectivity index (χ1n) is 8.19. The molecule has 2 aliphatic heterocycles. The lowest BCUT2D eigenvalue weighted by molar-refractivity contribution is 0.132. The zero-order chi connectivity index (χ0) is 13.7. The van der Waals surface area contributed by atoms with E-state index in [0.29, 0.717) is 5.54 Å². The van der Waals surface area contributed by atoms with Gasteiger partial charge < -0.3 is 5.32 Å². The molecule has 3 fully saturated rings. The maximum absolute atomic E-state index is 3.56. The van der Waals surface area contributed by atoms with Crippen LogP contribution in [0.4, 0.5) is 0 Å². The molecule has 1 aliphatic carbocycles. The van der Waals surface area contributed by atoms with E-state index in [-0.39, 0.29) is 0 Å². The number of rotatable bonds is 3. The summed E-state index contributed by atoms with van der Waals surface area (Å²) in [6, 6.07) is 9.43. The van der Waals surface area contributed by atoms with E-state index in [0.717, 1.165) is 24.3 Å². The Balaban J connectivity index is 1.48. The molecule has 0 aromatic heterocycles. The lowest BCUT2D eigenvalue weighted by Gasteiger charge is -2.35. The zero-order valence-corrected chi connectivity index (χ0v) is 12.7. The maximum atomic E-state index is 3.56. The van der Waals surface area contributed by atoms with Crippen molar-refractivity contribution in [3.05, 3.63) is 35.4 Å². The lowest BCUT2D eigenvalue weighted by Crippen LogP contribution is -2.43. The van der Waals surface area contributed by atoms with Crippen LogP contribution in [0, 0.1) is 11.8 Å². The smallest absolute Gasteiger partial charge is 0.0239 e. The average Bonchev–Trinajstić information content (AvgIpc) is 3.12. The first-order valence-corrected chi connectivity index (χ1v) is 8.19. The quantitative estimate of drug-likeness (QED) is 0.908. The van der Waals surface area contributed by atoms with Crippen LogP contribution in [0.2, 0.25) is 0 Å². The van der Waals surface area contributed by atoms with E-state index in [1.54, 1.807) is 5.56 Å². The van der Waals surface area contributed by atoms with E-state index >= 15 is 0 Å². The molecule has 0 spiro atoms. The van der Waals surface area contributed by atoms with Crippen molar-refractivity contribution in [1.82, 2.24) is 10.2 Å². The summed E-state index contributed by atoms with van der Waals surface area (Å²) in [6.07, 6.45) is 2.80. The number of nitrogens with zero attached hydrogens (tertiary/aromatic N) is 1. The zero-order valence-electron chi connectivity index (χ0n) is 12.7. The number of nitrogens with one attached hydrogen (secondary N) is 1. The minimum absolute atomic E-state index is 0.337. The van der Waals surface area contributed by atoms with Crippen LogP contribution in [-0.4, -0.2) is 30.1 Å². The summed E-state index contributed by atoms with van der Waals surface area (Å²) in [4.78, 5) is 2.70. The van der Waals surface area contributed by atoms with Crippen molar-refractivity contribution in [2.45, 2.75) is 44.7 Å². The van der Waals surface area contributed by atoms with E-state index in [9.17, 15) is 0 Å². The highest BCUT2D eigenvalue weighted by Crippen LogP contribution is 2.42. The minimum atomic E-state index is 0.337. The van der Waals surface area contributed by atoms with Gasteiger partial charge in [0.25, 0.3) is 0 Å². The van der Waals surface area contributed by atoms with E-state index in [1.807, 2.05) is 0 Å². The Kier molecular flexibility index (Phi) is 2.94. The molecule has 108 valence electrons. The molecule has 0 amide bonds. The molecule has 1 aromatic rings. The van der Waals surface area contributed by atoms with Crippen molar-refractivity contribution >= 4 is 0 Å². The van der Waals surface area contributed by atoms with Crippen molar-refractivity contribution in [1.29, 1.82) is 0 Å². The largest absolute Gasteiger partial charge is 0.316 e. The van der Waals surface area contributed by atoms with Gasteiger partial charge in [-0.15, -0.1) is 0 Å². The summed E-state index contributed by atoms with van der Waals surface area (Å²) >= 11 is 0. The first-order chi connectivity index (χ1) is 9.64. The Morgan fingerprint density at radius 2 is 1.90 bits per heavy atom. The van der Waals surface area contributed by atoms with Crippen molar-refractivity contribution in [3.8, 4) is 0 Å². The number of fused-ring (bicyclic) bond motifs is 1. The van der Waals surface area contributed by atoms with Crippen LogP contribution < -0.4 is 5.32 Å². The molecule has 2 heteroatoms. The first kappa shape index (κ1) is 12.8. The Hall–Kier alpha value is -0.860. The molecule has 1 aromatic carbocycles. The Morgan fingerprint density at radius 3 is 2.55 bits per heavy atom. The van der Waals surface area contributed by atoms with Gasteiger partial charge >= 0.3 is 0 Å². The molecule has 2 heterocycles. The van der Waals surface area contributed by atoms with Crippen molar-refractivity contribution < 1.29 is 0 Å². The fraction of sp³-hybridized carbons (Fsp3) is 0.667. The molecule has 2 unspecified atom stereocenters. The average molecular weight is 270 g/mol. The van der Waals surface area contributed by atoms with Gasteiger partial charge in [-0.05, 0) is 62.1 Å². The van der Waals surface area contributed by atoms with Crippen LogP contribution >= 0.6 is 0 Å². The number of hydrogen-bond donors (Lipinski definition) is 1. The van der Waals surface area contributed by atoms with Gasteiger partial charge in [0.15, 0.2) is 0 Å². The molecule has 20 heavy (non-hydrogen) atoms. The summed E-state index contributed by atoms with van der Waals surface area (Å²) in [5.41, 5.74) is 3.37. The Labute approximate surface area is 122 Å². The fourth-order valence-electron chi connectivity index (χ4n) is 4.30. The molecule has 2 saturated heterocycles. The number of hydrogen-bond acceptors (Lipinski definition) is 2. The lowest BCUT2D eigenvalue weighted by atomic mass is 9.85. The predicted octanol–water partition coefficient (Wildman–Crippen LogP) is 2.99. The van der Waals surface area contributed by atoms with E-state index in [1.165, 1.54) is 38.0 Å². The molecule has 2 atom stereocenters. The minimum Gasteiger partial charge on any atom is -0.316 e. The molecular formula is C18H26N2. The number of likely N-dealkylation sites (tertiary alicyclic amines) is 1. The summed E-state index contributed by atoms with van der Waals surface area (Å²) in [7, 11) is 0. The van der Waals surface area contributed by atoms with Crippen molar-refractivity contribution in [2.75, 3.05) is 19.6 Å². The summed E-state index contributed by atoms with van der Waals surface area (Å²) in [6.45, 7) is 9.66. The molecule has 0 radical (unpaired) electrons. The summed E-state index contributed by atoms with van der Waals surface area (Å²) in [5.74, 6) is 2.56. The van der Waals surface area contributed by atoms with Crippen LogP contribution in [0.15, 0.2) is 24.3 Å². The van der Waals surface area contributed by atoms with Crippen LogP contribution in [0.5, 0.6) is 0 Å². The molecule has 1 N–H and O–H groups in total. The highest BCUT2D eigenvalue weighted by molar-refractivity contribution is 5.28. The molecular weight excluding hydrogens is 244 g/mol. The Morgan fingerprint density at radius 1 is 1.15 bits per heavy atom. The fourth-order valence-corrected chi connectivity index (χ4v) is 4.30. The Bertz CT molecular complexity index is 487. The van der Waals surface area contributed by atoms with Crippen molar-refractivity contribution in [2.24, 2.45) is 11.8 Å². The standard InChI is InChI=1S/C18H26N2/c1-18(2)17-10-19-9-16(17)12-20(18)11-13-3-5-14(6-4-13)15-7-8-15/h3-6,15-17,19H,7-12H2,1-2H3. The highest BCUT2D eigenvalue weighted by Gasteiger charge is 2.49. The normalized spacial score (nSPS) is 32.5. The van der Waals surface area contributed by atoms with Gasteiger partial charge in [-0.2, -0.15) is 0 Å². The topological polar surface area (TPSA) is 15.3 Å². The van der Waals surface area contributed by atoms with E-state index < -0.39 is 0 Å². The number of benzene rings is 1. The van der Waals surface area contributed by atoms with Crippen LogP contribution in [-0.2, 0) is 6.54 Å². The third kappa shape index (κ3) is 2.10. The van der Waals surface area contributed by atoms with Gasteiger partial charge in [0.05, 0.1) is 0 Å². The van der Waals surface area contributed by atoms with E-state index in [4.69, 9.17) is 0 Å². The van der Waals surface area contributed by atoms with Crippen LogP contribution in [0.3, 0.4) is 0 Å². The molecule has 3 aliphatic rings. The molecule has 1 saturated carbocycles. The van der Waals surface area contributed by atoms with Gasteiger partial charge in [0, 0.05) is 25.2 Å². The van der Waals surface area contributed by atoms with Gasteiger partial charge in [0.2, 0.25) is 0 Å². The maximum Gasteiger partial charge on any atom is 0.0239 e. The highest BCUT2D eigenvalue weighted by atomic mass is 15.2. The molecule has 0 bridgehead atoms. The van der Waals surface area contributed by atoms with Crippen LogP contribution in [0.25, 0.3) is 0 Å². The second-order valence-corrected chi connectivity index (χ2v) is 7.57. The van der Waals surface area contributed by atoms with Gasteiger partial charge in [-0.25, -0.2) is 0 Å². The predicted molar refractivity (Wildman–Crippen MR) is 82.8 cm³/mol. The monoisotopic (exact) mass is 270 g/mol. The summed E-state index contributed by atoms with van der Waals surface area (Å²) < 4.78 is 0. The van der Waals surface area contributed by atoms with Crippen LogP contribution in [0.1, 0.15) is 43.7 Å². The second-order valence-electron chi connectivity index (χ2n) is 7.57. The third-order valence-electron chi connectivity index (χ3n) is 5.92. The molecule has 4 rings (SSSR count). The van der Waals surface area contributed by atoms with Crippen molar-refractivity contribution in [3.63, 3.8) is 0 Å². The molecule has 2 nitrogen and oxygen atoms in total. The van der Waals surface area contributed by atoms with Gasteiger partial charge in [-0.3, -0.25) is 4.90 Å².